The van der Waals surface area contributed by atoms with Gasteiger partial charge < -0.3 is 11.1 Å². The molecule has 0 spiro atoms. The number of nitrogens with zero attached hydrogens (tertiary/aromatic N) is 1. The lowest BCUT2D eigenvalue weighted by Crippen LogP contribution is -2.43. The molecule has 2 rings (SSSR count). The van der Waals surface area contributed by atoms with E-state index in [-0.39, 0.29) is 11.4 Å². The van der Waals surface area contributed by atoms with Gasteiger partial charge in [-0.2, -0.15) is 0 Å². The second kappa shape index (κ2) is 7.90. The Kier molecular flexibility index (Phi) is 6.18. The van der Waals surface area contributed by atoms with Crippen molar-refractivity contribution < 1.29 is 4.79 Å². The van der Waals surface area contributed by atoms with Crippen molar-refractivity contribution in [1.29, 1.82) is 0 Å². The van der Waals surface area contributed by atoms with E-state index in [0.717, 1.165) is 55.8 Å². The van der Waals surface area contributed by atoms with Crippen LogP contribution in [0.3, 0.4) is 0 Å². The highest BCUT2D eigenvalue weighted by Gasteiger charge is 2.39. The average molecular weight is 309 g/mol. The Morgan fingerprint density at radius 3 is 2.67 bits per heavy atom. The van der Waals surface area contributed by atoms with Gasteiger partial charge in [0.1, 0.15) is 5.01 Å². The van der Waals surface area contributed by atoms with Gasteiger partial charge in [-0.05, 0) is 39.2 Å². The number of carbonyl (C=O) groups excluding carboxylic acids is 1. The van der Waals surface area contributed by atoms with Gasteiger partial charge in [-0.15, -0.1) is 11.3 Å². The van der Waals surface area contributed by atoms with Crippen LogP contribution in [0, 0.1) is 6.92 Å². The van der Waals surface area contributed by atoms with Crippen LogP contribution in [0.15, 0.2) is 5.38 Å². The minimum absolute atomic E-state index is 0.178. The number of carbonyl (C=O) groups is 1. The van der Waals surface area contributed by atoms with Gasteiger partial charge in [-0.3, -0.25) is 4.79 Å². The second-order valence-electron chi connectivity index (χ2n) is 6.08. The average Bonchev–Trinajstić information content (AvgIpc) is 3.08. The van der Waals surface area contributed by atoms with E-state index in [1.807, 2.05) is 6.92 Å². The molecule has 5 heteroatoms. The minimum Gasteiger partial charge on any atom is -0.344 e. The Labute approximate surface area is 131 Å². The van der Waals surface area contributed by atoms with Crippen molar-refractivity contribution in [3.63, 3.8) is 0 Å². The highest BCUT2D eigenvalue weighted by Crippen LogP contribution is 2.40. The van der Waals surface area contributed by atoms with Crippen molar-refractivity contribution in [2.45, 2.75) is 70.3 Å². The number of thiazole rings is 1. The molecule has 0 unspecified atom stereocenters. The molecule has 3 N–H and O–H groups in total. The molecule has 0 bridgehead atoms. The first-order valence-corrected chi connectivity index (χ1v) is 8.98. The fourth-order valence-electron chi connectivity index (χ4n) is 3.06. The highest BCUT2D eigenvalue weighted by atomic mass is 32.1. The van der Waals surface area contributed by atoms with E-state index in [9.17, 15) is 4.79 Å². The molecule has 21 heavy (non-hydrogen) atoms. The summed E-state index contributed by atoms with van der Waals surface area (Å²) in [4.78, 5) is 16.9. The Morgan fingerprint density at radius 2 is 2.05 bits per heavy atom. The molecular formula is C16H27N3OS. The maximum atomic E-state index is 12.3. The predicted octanol–water partition coefficient (Wildman–Crippen LogP) is 3.25. The quantitative estimate of drug-likeness (QED) is 0.724. The van der Waals surface area contributed by atoms with E-state index in [2.05, 4.69) is 15.7 Å². The molecule has 1 saturated carbocycles. The molecule has 1 heterocycles. The predicted molar refractivity (Wildman–Crippen MR) is 87.3 cm³/mol. The molecule has 1 aromatic rings. The molecule has 0 atom stereocenters. The third-order valence-electron chi connectivity index (χ3n) is 4.22. The molecule has 1 amide bonds. The van der Waals surface area contributed by atoms with E-state index in [0.29, 0.717) is 6.42 Å². The van der Waals surface area contributed by atoms with Gasteiger partial charge in [0.25, 0.3) is 0 Å². The summed E-state index contributed by atoms with van der Waals surface area (Å²) < 4.78 is 0. The van der Waals surface area contributed by atoms with Gasteiger partial charge in [0.15, 0.2) is 0 Å². The van der Waals surface area contributed by atoms with E-state index in [4.69, 9.17) is 5.73 Å². The largest absolute Gasteiger partial charge is 0.344 e. The van der Waals surface area contributed by atoms with Gasteiger partial charge >= 0.3 is 0 Å². The maximum absolute atomic E-state index is 12.3. The van der Waals surface area contributed by atoms with Crippen LogP contribution >= 0.6 is 11.3 Å². The zero-order chi connectivity index (χ0) is 15.1. The summed E-state index contributed by atoms with van der Waals surface area (Å²) >= 11 is 1.68. The number of aryl methyl sites for hydroxylation is 1. The van der Waals surface area contributed by atoms with Gasteiger partial charge in [0.05, 0.1) is 5.54 Å². The summed E-state index contributed by atoms with van der Waals surface area (Å²) in [7, 11) is 0. The summed E-state index contributed by atoms with van der Waals surface area (Å²) in [6, 6.07) is 0. The second-order valence-corrected chi connectivity index (χ2v) is 6.94. The summed E-state index contributed by atoms with van der Waals surface area (Å²) in [5, 5.41) is 6.47. The van der Waals surface area contributed by atoms with Crippen LogP contribution in [-0.2, 0) is 10.3 Å². The molecule has 0 aliphatic heterocycles. The zero-order valence-corrected chi connectivity index (χ0v) is 13.8. The standard InChI is InChI=1S/C16H27N3OS/c1-13-12-21-15(18-13)16(9-5-6-10-16)19-14(20)8-4-2-3-7-11-17/h12H,2-11,17H2,1H3,(H,19,20). The number of nitrogens with one attached hydrogen (secondary N) is 1. The first-order chi connectivity index (χ1) is 10.2. The number of unbranched alkanes of at least 4 members (excludes halogenated alkanes) is 3. The van der Waals surface area contributed by atoms with E-state index in [1.54, 1.807) is 11.3 Å². The van der Waals surface area contributed by atoms with Crippen molar-refractivity contribution in [2.75, 3.05) is 6.54 Å². The van der Waals surface area contributed by atoms with Gasteiger partial charge in [-0.25, -0.2) is 4.98 Å². The third kappa shape index (κ3) is 4.51. The Balaban J connectivity index is 1.87. The minimum atomic E-state index is -0.187. The van der Waals surface area contributed by atoms with E-state index >= 15 is 0 Å². The molecule has 118 valence electrons. The number of aromatic nitrogens is 1. The van der Waals surface area contributed by atoms with E-state index < -0.39 is 0 Å². The van der Waals surface area contributed by atoms with Crippen molar-refractivity contribution in [2.24, 2.45) is 5.73 Å². The van der Waals surface area contributed by atoms with Crippen molar-refractivity contribution in [3.05, 3.63) is 16.1 Å². The Hall–Kier alpha value is -0.940. The number of hydrogen-bond acceptors (Lipinski definition) is 4. The molecule has 0 radical (unpaired) electrons. The smallest absolute Gasteiger partial charge is 0.220 e. The van der Waals surface area contributed by atoms with Crippen LogP contribution in [0.25, 0.3) is 0 Å². The lowest BCUT2D eigenvalue weighted by Gasteiger charge is -2.28. The molecule has 1 aromatic heterocycles. The van der Waals surface area contributed by atoms with Gasteiger partial charge in [-0.1, -0.05) is 25.7 Å². The number of hydrogen-bond donors (Lipinski definition) is 2. The molecule has 1 aliphatic carbocycles. The first-order valence-electron chi connectivity index (χ1n) is 8.10. The van der Waals surface area contributed by atoms with Crippen LogP contribution < -0.4 is 11.1 Å². The SMILES string of the molecule is Cc1csc(C2(NC(=O)CCCCCCN)CCCC2)n1. The summed E-state index contributed by atoms with van der Waals surface area (Å²) in [6.07, 6.45) is 9.26. The number of rotatable bonds is 8. The van der Waals surface area contributed by atoms with Crippen molar-refractivity contribution in [1.82, 2.24) is 10.3 Å². The van der Waals surface area contributed by atoms with E-state index in [1.165, 1.54) is 12.8 Å². The molecule has 0 saturated heterocycles. The first kappa shape index (κ1) is 16.4. The zero-order valence-electron chi connectivity index (χ0n) is 13.0. The fraction of sp³-hybridized carbons (Fsp3) is 0.750. The van der Waals surface area contributed by atoms with Crippen LogP contribution in [0.5, 0.6) is 0 Å². The Morgan fingerprint density at radius 1 is 1.33 bits per heavy atom. The highest BCUT2D eigenvalue weighted by molar-refractivity contribution is 7.09. The molecule has 1 fully saturated rings. The summed E-state index contributed by atoms with van der Waals surface area (Å²) in [5.74, 6) is 0.178. The monoisotopic (exact) mass is 309 g/mol. The maximum Gasteiger partial charge on any atom is 0.220 e. The summed E-state index contributed by atoms with van der Waals surface area (Å²) in [6.45, 7) is 2.76. The summed E-state index contributed by atoms with van der Waals surface area (Å²) in [5.41, 5.74) is 6.34. The van der Waals surface area contributed by atoms with Gasteiger partial charge in [0.2, 0.25) is 5.91 Å². The molecular weight excluding hydrogens is 282 g/mol. The topological polar surface area (TPSA) is 68.0 Å². The van der Waals surface area contributed by atoms with Crippen molar-refractivity contribution in [3.8, 4) is 0 Å². The molecule has 1 aliphatic rings. The molecule has 4 nitrogen and oxygen atoms in total. The van der Waals surface area contributed by atoms with Crippen LogP contribution in [0.4, 0.5) is 0 Å². The fourth-order valence-corrected chi connectivity index (χ4v) is 4.07. The number of amides is 1. The Bertz CT molecular complexity index is 452. The molecule has 0 aromatic carbocycles. The third-order valence-corrected chi connectivity index (χ3v) is 5.39. The van der Waals surface area contributed by atoms with Crippen LogP contribution in [0.1, 0.15) is 68.5 Å². The van der Waals surface area contributed by atoms with Crippen LogP contribution in [-0.4, -0.2) is 17.4 Å². The normalized spacial score (nSPS) is 17.0. The number of nitrogens with two attached hydrogens (primary N) is 1. The van der Waals surface area contributed by atoms with Gasteiger partial charge in [0, 0.05) is 17.5 Å². The van der Waals surface area contributed by atoms with Crippen LogP contribution in [0.2, 0.25) is 0 Å². The van der Waals surface area contributed by atoms with Crippen molar-refractivity contribution >= 4 is 17.2 Å². The lowest BCUT2D eigenvalue weighted by molar-refractivity contribution is -0.123. The lowest BCUT2D eigenvalue weighted by atomic mass is 9.98.